The number of hydrogen-bond donors (Lipinski definition) is 0. The highest BCUT2D eigenvalue weighted by Gasteiger charge is 2.08. The van der Waals surface area contributed by atoms with E-state index in [4.69, 9.17) is 0 Å². The van der Waals surface area contributed by atoms with Crippen LogP contribution in [0, 0.1) is 6.92 Å². The fourth-order valence-electron chi connectivity index (χ4n) is 1.15. The summed E-state index contributed by atoms with van der Waals surface area (Å²) >= 11 is 3.35. The van der Waals surface area contributed by atoms with E-state index < -0.39 is 0 Å². The fourth-order valence-corrected chi connectivity index (χ4v) is 1.50. The summed E-state index contributed by atoms with van der Waals surface area (Å²) in [7, 11) is 1.39. The summed E-state index contributed by atoms with van der Waals surface area (Å²) in [5.74, 6) is -0.279. The van der Waals surface area contributed by atoms with Crippen LogP contribution in [0.4, 0.5) is 0 Å². The number of carbonyl (C=O) groups excluding carboxylic acids is 1. The van der Waals surface area contributed by atoms with Gasteiger partial charge in [-0.15, -0.1) is 0 Å². The van der Waals surface area contributed by atoms with Gasteiger partial charge < -0.3 is 4.74 Å². The maximum atomic E-state index is 11.2. The second-order valence-corrected chi connectivity index (χ2v) is 3.34. The molecule has 0 spiro atoms. The molecule has 0 aliphatic rings. The molecule has 13 heavy (non-hydrogen) atoms. The molecule has 0 atom stereocenters. The number of ether oxygens (including phenoxy) is 1. The molecule has 0 N–H and O–H groups in total. The largest absolute Gasteiger partial charge is 0.465 e. The molecule has 0 saturated heterocycles. The lowest BCUT2D eigenvalue weighted by Crippen LogP contribution is -2.03. The third-order valence-electron chi connectivity index (χ3n) is 1.85. The lowest BCUT2D eigenvalue weighted by Gasteiger charge is -2.04. The van der Waals surface area contributed by atoms with E-state index in [1.807, 2.05) is 19.1 Å². The van der Waals surface area contributed by atoms with Crippen molar-refractivity contribution in [2.75, 3.05) is 7.11 Å². The molecule has 0 bridgehead atoms. The molecule has 0 heterocycles. The van der Waals surface area contributed by atoms with E-state index in [0.717, 1.165) is 16.5 Å². The van der Waals surface area contributed by atoms with Gasteiger partial charge in [-0.25, -0.2) is 4.79 Å². The molecule has 0 aliphatic heterocycles. The second-order valence-electron chi connectivity index (χ2n) is 2.77. The number of aryl methyl sites for hydroxylation is 1. The minimum absolute atomic E-state index is 0.279. The number of rotatable bonds is 2. The zero-order valence-corrected chi connectivity index (χ0v) is 9.22. The van der Waals surface area contributed by atoms with Crippen molar-refractivity contribution in [3.05, 3.63) is 34.9 Å². The fraction of sp³-hybridized carbons (Fsp3) is 0.300. The van der Waals surface area contributed by atoms with Gasteiger partial charge in [0.05, 0.1) is 12.7 Å². The zero-order chi connectivity index (χ0) is 9.84. The van der Waals surface area contributed by atoms with Gasteiger partial charge in [0, 0.05) is 5.33 Å². The Labute approximate surface area is 86.0 Å². The van der Waals surface area contributed by atoms with Crippen LogP contribution in [0.15, 0.2) is 18.2 Å². The van der Waals surface area contributed by atoms with Crippen molar-refractivity contribution in [2.24, 2.45) is 0 Å². The highest BCUT2D eigenvalue weighted by atomic mass is 79.9. The van der Waals surface area contributed by atoms with Crippen LogP contribution >= 0.6 is 15.9 Å². The third kappa shape index (κ3) is 2.31. The van der Waals surface area contributed by atoms with E-state index >= 15 is 0 Å². The normalized spacial score (nSPS) is 9.77. The van der Waals surface area contributed by atoms with Crippen LogP contribution in [0.5, 0.6) is 0 Å². The van der Waals surface area contributed by atoms with Gasteiger partial charge in [-0.1, -0.05) is 28.1 Å². The van der Waals surface area contributed by atoms with Gasteiger partial charge in [0.25, 0.3) is 0 Å². The predicted octanol–water partition coefficient (Wildman–Crippen LogP) is 2.68. The summed E-state index contributed by atoms with van der Waals surface area (Å²) in [6.45, 7) is 1.90. The Morgan fingerprint density at radius 1 is 1.54 bits per heavy atom. The molecule has 0 aromatic heterocycles. The van der Waals surface area contributed by atoms with Gasteiger partial charge >= 0.3 is 5.97 Å². The van der Waals surface area contributed by atoms with Crippen molar-refractivity contribution in [1.29, 1.82) is 0 Å². The Bertz CT molecular complexity index is 321. The summed E-state index contributed by atoms with van der Waals surface area (Å²) < 4.78 is 4.64. The standard InChI is InChI=1S/C10H11BrO2/c1-7-5-8(6-11)3-4-9(7)10(12)13-2/h3-5H,6H2,1-2H3. The molecule has 0 unspecified atom stereocenters. The van der Waals surface area contributed by atoms with Gasteiger partial charge in [0.2, 0.25) is 0 Å². The Morgan fingerprint density at radius 2 is 2.23 bits per heavy atom. The van der Waals surface area contributed by atoms with E-state index in [1.54, 1.807) is 6.07 Å². The number of methoxy groups -OCH3 is 1. The highest BCUT2D eigenvalue weighted by molar-refractivity contribution is 9.08. The average molecular weight is 243 g/mol. The van der Waals surface area contributed by atoms with E-state index in [2.05, 4.69) is 20.7 Å². The Hall–Kier alpha value is -0.830. The Morgan fingerprint density at radius 3 is 2.69 bits per heavy atom. The molecule has 1 aromatic carbocycles. The summed E-state index contributed by atoms with van der Waals surface area (Å²) in [4.78, 5) is 11.2. The summed E-state index contributed by atoms with van der Waals surface area (Å²) in [6, 6.07) is 5.67. The molecule has 3 heteroatoms. The zero-order valence-electron chi connectivity index (χ0n) is 7.63. The van der Waals surface area contributed by atoms with Gasteiger partial charge in [-0.05, 0) is 24.1 Å². The summed E-state index contributed by atoms with van der Waals surface area (Å²) in [5.41, 5.74) is 2.74. The first-order chi connectivity index (χ1) is 6.19. The van der Waals surface area contributed by atoms with E-state index in [9.17, 15) is 4.79 Å². The van der Waals surface area contributed by atoms with Crippen LogP contribution in [0.1, 0.15) is 21.5 Å². The van der Waals surface area contributed by atoms with Crippen molar-refractivity contribution < 1.29 is 9.53 Å². The summed E-state index contributed by atoms with van der Waals surface area (Å²) in [5, 5.41) is 0.801. The van der Waals surface area contributed by atoms with Crippen LogP contribution in [-0.2, 0) is 10.1 Å². The maximum absolute atomic E-state index is 11.2. The lowest BCUT2D eigenvalue weighted by atomic mass is 10.1. The van der Waals surface area contributed by atoms with Crippen molar-refractivity contribution in [3.63, 3.8) is 0 Å². The third-order valence-corrected chi connectivity index (χ3v) is 2.50. The average Bonchev–Trinajstić information content (AvgIpc) is 2.16. The Kier molecular flexibility index (Phi) is 3.48. The first-order valence-corrected chi connectivity index (χ1v) is 5.05. The first kappa shape index (κ1) is 10.3. The van der Waals surface area contributed by atoms with Crippen LogP contribution in [-0.4, -0.2) is 13.1 Å². The van der Waals surface area contributed by atoms with E-state index in [0.29, 0.717) is 5.56 Å². The number of hydrogen-bond acceptors (Lipinski definition) is 2. The molecule has 0 fully saturated rings. The molecule has 0 amide bonds. The molecular formula is C10H11BrO2. The molecular weight excluding hydrogens is 232 g/mol. The van der Waals surface area contributed by atoms with Crippen molar-refractivity contribution >= 4 is 21.9 Å². The van der Waals surface area contributed by atoms with Gasteiger partial charge in [-0.3, -0.25) is 0 Å². The van der Waals surface area contributed by atoms with E-state index in [-0.39, 0.29) is 5.97 Å². The number of benzene rings is 1. The Balaban J connectivity index is 3.05. The molecule has 1 rings (SSSR count). The van der Waals surface area contributed by atoms with Gasteiger partial charge in [0.15, 0.2) is 0 Å². The van der Waals surface area contributed by atoms with E-state index in [1.165, 1.54) is 7.11 Å². The van der Waals surface area contributed by atoms with Crippen LogP contribution in [0.3, 0.4) is 0 Å². The predicted molar refractivity (Wildman–Crippen MR) is 55.1 cm³/mol. The molecule has 70 valence electrons. The molecule has 0 saturated carbocycles. The maximum Gasteiger partial charge on any atom is 0.338 e. The summed E-state index contributed by atoms with van der Waals surface area (Å²) in [6.07, 6.45) is 0. The van der Waals surface area contributed by atoms with Gasteiger partial charge in [0.1, 0.15) is 0 Å². The van der Waals surface area contributed by atoms with Crippen LogP contribution in [0.25, 0.3) is 0 Å². The first-order valence-electron chi connectivity index (χ1n) is 3.93. The number of esters is 1. The topological polar surface area (TPSA) is 26.3 Å². The number of alkyl halides is 1. The molecule has 0 radical (unpaired) electrons. The minimum atomic E-state index is -0.279. The van der Waals surface area contributed by atoms with Gasteiger partial charge in [-0.2, -0.15) is 0 Å². The van der Waals surface area contributed by atoms with Crippen molar-refractivity contribution in [3.8, 4) is 0 Å². The van der Waals surface area contributed by atoms with Crippen molar-refractivity contribution in [1.82, 2.24) is 0 Å². The molecule has 0 aliphatic carbocycles. The minimum Gasteiger partial charge on any atom is -0.465 e. The molecule has 1 aromatic rings. The highest BCUT2D eigenvalue weighted by Crippen LogP contribution is 2.14. The second kappa shape index (κ2) is 4.42. The monoisotopic (exact) mass is 242 g/mol. The smallest absolute Gasteiger partial charge is 0.338 e. The van der Waals surface area contributed by atoms with Crippen LogP contribution < -0.4 is 0 Å². The SMILES string of the molecule is COC(=O)c1ccc(CBr)cc1C. The number of halogens is 1. The molecule has 2 nitrogen and oxygen atoms in total. The quantitative estimate of drug-likeness (QED) is 0.589. The van der Waals surface area contributed by atoms with Crippen LogP contribution in [0.2, 0.25) is 0 Å². The lowest BCUT2D eigenvalue weighted by molar-refractivity contribution is 0.0600. The number of carbonyl (C=O) groups is 1. The van der Waals surface area contributed by atoms with Crippen molar-refractivity contribution in [2.45, 2.75) is 12.3 Å².